The number of aromatic nitrogens is 1. The zero-order chi connectivity index (χ0) is 24.3. The number of piperidine rings is 1. The van der Waals surface area contributed by atoms with Gasteiger partial charge < -0.3 is 15.5 Å². The van der Waals surface area contributed by atoms with Crippen molar-refractivity contribution in [3.63, 3.8) is 0 Å². The monoisotopic (exact) mass is 483 g/mol. The number of carbonyl (C=O) groups is 2. The van der Waals surface area contributed by atoms with Gasteiger partial charge in [0.15, 0.2) is 0 Å². The van der Waals surface area contributed by atoms with E-state index in [2.05, 4.69) is 34.4 Å². The van der Waals surface area contributed by atoms with Gasteiger partial charge >= 0.3 is 0 Å². The zero-order valence-corrected chi connectivity index (χ0v) is 20.9. The summed E-state index contributed by atoms with van der Waals surface area (Å²) < 4.78 is 0. The van der Waals surface area contributed by atoms with Crippen LogP contribution in [0.1, 0.15) is 45.3 Å². The van der Waals surface area contributed by atoms with E-state index in [0.29, 0.717) is 31.1 Å². The van der Waals surface area contributed by atoms with Crippen LogP contribution in [0.25, 0.3) is 0 Å². The van der Waals surface area contributed by atoms with Crippen LogP contribution in [0.15, 0.2) is 48.7 Å². The van der Waals surface area contributed by atoms with Crippen molar-refractivity contribution in [1.29, 1.82) is 0 Å². The predicted octanol–water partition coefficient (Wildman–Crippen LogP) is 3.41. The highest BCUT2D eigenvalue weighted by atomic mass is 35.5. The molecule has 0 radical (unpaired) electrons. The summed E-state index contributed by atoms with van der Waals surface area (Å²) in [4.78, 5) is 34.8. The van der Waals surface area contributed by atoms with Gasteiger partial charge in [-0.3, -0.25) is 19.5 Å². The second-order valence-corrected chi connectivity index (χ2v) is 10.2. The highest BCUT2D eigenvalue weighted by Crippen LogP contribution is 2.33. The molecule has 182 valence electrons. The fourth-order valence-electron chi connectivity index (χ4n) is 5.14. The quantitative estimate of drug-likeness (QED) is 0.658. The lowest BCUT2D eigenvalue weighted by molar-refractivity contribution is -0.129. The number of para-hydroxylation sites is 1. The van der Waals surface area contributed by atoms with Gasteiger partial charge in [-0.25, -0.2) is 0 Å². The van der Waals surface area contributed by atoms with Gasteiger partial charge in [-0.15, -0.1) is 0 Å². The minimum absolute atomic E-state index is 0.0280. The third-order valence-electron chi connectivity index (χ3n) is 6.98. The SMILES string of the molecule is CCC(NC(=O)[C@@H]1CNC[C@H](N2CC(=O)N(c3ccccc3Cl)CC2(C)C)C1)c1ccccn1. The number of anilines is 1. The fraction of sp³-hybridized carbons (Fsp3) is 0.500. The minimum atomic E-state index is -0.266. The molecule has 0 spiro atoms. The van der Waals surface area contributed by atoms with Crippen LogP contribution >= 0.6 is 11.6 Å². The van der Waals surface area contributed by atoms with Crippen LogP contribution in [-0.2, 0) is 9.59 Å². The van der Waals surface area contributed by atoms with Crippen LogP contribution in [0.5, 0.6) is 0 Å². The molecule has 2 aromatic rings. The maximum atomic E-state index is 13.2. The van der Waals surface area contributed by atoms with Crippen molar-refractivity contribution < 1.29 is 9.59 Å². The highest BCUT2D eigenvalue weighted by Gasteiger charge is 2.44. The molecule has 0 bridgehead atoms. The molecule has 1 aromatic carbocycles. The van der Waals surface area contributed by atoms with Crippen molar-refractivity contribution in [3.05, 3.63) is 59.4 Å². The van der Waals surface area contributed by atoms with Gasteiger partial charge in [0.2, 0.25) is 11.8 Å². The van der Waals surface area contributed by atoms with Crippen LogP contribution in [0.4, 0.5) is 5.69 Å². The molecule has 8 heteroatoms. The Morgan fingerprint density at radius 2 is 2.00 bits per heavy atom. The fourth-order valence-corrected chi connectivity index (χ4v) is 5.38. The Labute approximate surface area is 206 Å². The number of hydrogen-bond acceptors (Lipinski definition) is 5. The van der Waals surface area contributed by atoms with E-state index in [1.54, 1.807) is 11.1 Å². The van der Waals surface area contributed by atoms with Crippen molar-refractivity contribution in [1.82, 2.24) is 20.5 Å². The number of nitrogens with zero attached hydrogens (tertiary/aromatic N) is 3. The van der Waals surface area contributed by atoms with Crippen LogP contribution in [0.3, 0.4) is 0 Å². The number of pyridine rings is 1. The lowest BCUT2D eigenvalue weighted by Gasteiger charge is -2.51. The molecule has 2 N–H and O–H groups in total. The van der Waals surface area contributed by atoms with Crippen molar-refractivity contribution >= 4 is 29.1 Å². The first-order chi connectivity index (χ1) is 16.3. The summed E-state index contributed by atoms with van der Waals surface area (Å²) in [6.07, 6.45) is 3.24. The first-order valence-corrected chi connectivity index (χ1v) is 12.4. The van der Waals surface area contributed by atoms with Crippen LogP contribution in [-0.4, -0.2) is 59.5 Å². The van der Waals surface area contributed by atoms with Gasteiger partial charge in [0.05, 0.1) is 34.9 Å². The summed E-state index contributed by atoms with van der Waals surface area (Å²) in [6, 6.07) is 13.2. The van der Waals surface area contributed by atoms with E-state index < -0.39 is 0 Å². The summed E-state index contributed by atoms with van der Waals surface area (Å²) in [7, 11) is 0. The molecular formula is C26H34ClN5O2. The molecule has 7 nitrogen and oxygen atoms in total. The molecular weight excluding hydrogens is 450 g/mol. The minimum Gasteiger partial charge on any atom is -0.347 e. The second-order valence-electron chi connectivity index (χ2n) is 9.84. The van der Waals surface area contributed by atoms with Crippen LogP contribution in [0.2, 0.25) is 5.02 Å². The normalized spacial score (nSPS) is 24.0. The molecule has 1 unspecified atom stereocenters. The van der Waals surface area contributed by atoms with Crippen molar-refractivity contribution in [2.24, 2.45) is 5.92 Å². The number of amides is 2. The zero-order valence-electron chi connectivity index (χ0n) is 20.1. The van der Waals surface area contributed by atoms with E-state index in [1.165, 1.54) is 0 Å². The molecule has 2 saturated heterocycles. The smallest absolute Gasteiger partial charge is 0.241 e. The Kier molecular flexibility index (Phi) is 7.55. The van der Waals surface area contributed by atoms with E-state index in [9.17, 15) is 9.59 Å². The Hall–Kier alpha value is -2.48. The molecule has 3 heterocycles. The van der Waals surface area contributed by atoms with Crippen molar-refractivity contribution in [2.75, 3.05) is 31.1 Å². The Morgan fingerprint density at radius 3 is 2.71 bits per heavy atom. The van der Waals surface area contributed by atoms with Gasteiger partial charge in [0, 0.05) is 37.4 Å². The highest BCUT2D eigenvalue weighted by molar-refractivity contribution is 6.33. The van der Waals surface area contributed by atoms with Crippen LogP contribution < -0.4 is 15.5 Å². The summed E-state index contributed by atoms with van der Waals surface area (Å²) in [5.74, 6) is -0.0993. The molecule has 1 aromatic heterocycles. The molecule has 2 aliphatic rings. The van der Waals surface area contributed by atoms with Gasteiger partial charge in [-0.05, 0) is 51.0 Å². The van der Waals surface area contributed by atoms with E-state index >= 15 is 0 Å². The molecule has 2 fully saturated rings. The first-order valence-electron chi connectivity index (χ1n) is 12.0. The average molecular weight is 484 g/mol. The third kappa shape index (κ3) is 5.27. The average Bonchev–Trinajstić information content (AvgIpc) is 2.84. The lowest BCUT2D eigenvalue weighted by atomic mass is 9.88. The Morgan fingerprint density at radius 1 is 1.24 bits per heavy atom. The van der Waals surface area contributed by atoms with Gasteiger partial charge in [0.25, 0.3) is 0 Å². The predicted molar refractivity (Wildman–Crippen MR) is 135 cm³/mol. The second kappa shape index (κ2) is 10.4. The summed E-state index contributed by atoms with van der Waals surface area (Å²) >= 11 is 6.39. The van der Waals surface area contributed by atoms with E-state index in [4.69, 9.17) is 11.6 Å². The number of halogens is 1. The lowest BCUT2D eigenvalue weighted by Crippen LogP contribution is -2.67. The number of benzene rings is 1. The maximum absolute atomic E-state index is 13.2. The van der Waals surface area contributed by atoms with E-state index in [0.717, 1.165) is 24.3 Å². The summed E-state index contributed by atoms with van der Waals surface area (Å²) in [5.41, 5.74) is 1.36. The molecule has 4 rings (SSSR count). The number of hydrogen-bond donors (Lipinski definition) is 2. The van der Waals surface area contributed by atoms with Crippen molar-refractivity contribution in [3.8, 4) is 0 Å². The molecule has 0 aliphatic carbocycles. The molecule has 3 atom stereocenters. The molecule has 2 aliphatic heterocycles. The van der Waals surface area contributed by atoms with Gasteiger partial charge in [0.1, 0.15) is 0 Å². The van der Waals surface area contributed by atoms with E-state index in [-0.39, 0.29) is 35.4 Å². The largest absolute Gasteiger partial charge is 0.347 e. The standard InChI is InChI=1S/C26H34ClN5O2/c1-4-21(22-10-7-8-12-29-22)30-25(34)18-13-19(15-28-14-18)32-16-24(33)31(17-26(32,2)3)23-11-6-5-9-20(23)27/h5-12,18-19,21,28H,4,13-17H2,1-3H3,(H,30,34)/t18-,19+,21?/m0/s1. The molecule has 0 saturated carbocycles. The number of rotatable bonds is 6. The van der Waals surface area contributed by atoms with Gasteiger partial charge in [-0.1, -0.05) is 36.7 Å². The van der Waals surface area contributed by atoms with Gasteiger partial charge in [-0.2, -0.15) is 0 Å². The maximum Gasteiger partial charge on any atom is 0.241 e. The van der Waals surface area contributed by atoms with Crippen LogP contribution in [0, 0.1) is 5.92 Å². The summed E-state index contributed by atoms with van der Waals surface area (Å²) in [5, 5.41) is 7.20. The third-order valence-corrected chi connectivity index (χ3v) is 7.30. The topological polar surface area (TPSA) is 77.6 Å². The van der Waals surface area contributed by atoms with Crippen molar-refractivity contribution in [2.45, 2.75) is 51.2 Å². The molecule has 2 amide bonds. The number of carbonyl (C=O) groups excluding carboxylic acids is 2. The Bertz CT molecular complexity index is 1020. The number of nitrogens with one attached hydrogen (secondary N) is 2. The molecule has 34 heavy (non-hydrogen) atoms. The van der Waals surface area contributed by atoms with E-state index in [1.807, 2.05) is 49.4 Å². The Balaban J connectivity index is 1.44. The first kappa shape index (κ1) is 24.6. The number of piperazine rings is 1. The summed E-state index contributed by atoms with van der Waals surface area (Å²) in [6.45, 7) is 8.58.